The van der Waals surface area contributed by atoms with Gasteiger partial charge in [0.1, 0.15) is 5.82 Å². The third kappa shape index (κ3) is 4.08. The molecule has 0 spiro atoms. The SMILES string of the molecule is COc1cn(-c2cccc(C(F)(F)F)c2)nc1C(=O)Nc1cc(C)ccn1. The zero-order valence-corrected chi connectivity index (χ0v) is 14.4. The zero-order chi connectivity index (χ0) is 19.6. The van der Waals surface area contributed by atoms with Crippen LogP contribution in [-0.2, 0) is 6.18 Å². The van der Waals surface area contributed by atoms with Crippen molar-refractivity contribution in [2.45, 2.75) is 13.1 Å². The van der Waals surface area contributed by atoms with Crippen molar-refractivity contribution in [1.29, 1.82) is 0 Å². The molecule has 0 atom stereocenters. The van der Waals surface area contributed by atoms with Crippen molar-refractivity contribution >= 4 is 11.7 Å². The van der Waals surface area contributed by atoms with Gasteiger partial charge in [-0.25, -0.2) is 9.67 Å². The smallest absolute Gasteiger partial charge is 0.416 e. The van der Waals surface area contributed by atoms with Crippen molar-refractivity contribution in [2.75, 3.05) is 12.4 Å². The molecule has 0 aliphatic rings. The summed E-state index contributed by atoms with van der Waals surface area (Å²) in [6.07, 6.45) is -1.60. The lowest BCUT2D eigenvalue weighted by Crippen LogP contribution is -2.15. The molecule has 3 aromatic rings. The minimum Gasteiger partial charge on any atom is -0.493 e. The average Bonchev–Trinajstić information content (AvgIpc) is 3.06. The number of amides is 1. The fraction of sp³-hybridized carbons (Fsp3) is 0.167. The number of nitrogens with zero attached hydrogens (tertiary/aromatic N) is 3. The molecule has 9 heteroatoms. The fourth-order valence-corrected chi connectivity index (χ4v) is 2.40. The molecular formula is C18H15F3N4O2. The zero-order valence-electron chi connectivity index (χ0n) is 14.4. The summed E-state index contributed by atoms with van der Waals surface area (Å²) in [4.78, 5) is 16.5. The van der Waals surface area contributed by atoms with Gasteiger partial charge in [0.25, 0.3) is 5.91 Å². The monoisotopic (exact) mass is 376 g/mol. The molecule has 6 nitrogen and oxygen atoms in total. The van der Waals surface area contributed by atoms with E-state index in [1.807, 2.05) is 6.92 Å². The molecule has 0 aliphatic heterocycles. The van der Waals surface area contributed by atoms with E-state index in [0.29, 0.717) is 5.82 Å². The predicted molar refractivity (Wildman–Crippen MR) is 92.0 cm³/mol. The van der Waals surface area contributed by atoms with Crippen LogP contribution in [0.3, 0.4) is 0 Å². The van der Waals surface area contributed by atoms with Gasteiger partial charge in [-0.1, -0.05) is 6.07 Å². The summed E-state index contributed by atoms with van der Waals surface area (Å²) in [5.74, 6) is -0.135. The van der Waals surface area contributed by atoms with Crippen LogP contribution in [0.4, 0.5) is 19.0 Å². The van der Waals surface area contributed by atoms with Gasteiger partial charge >= 0.3 is 6.18 Å². The first-order chi connectivity index (χ1) is 12.8. The normalized spacial score (nSPS) is 11.3. The molecular weight excluding hydrogens is 361 g/mol. The number of benzene rings is 1. The third-order valence-electron chi connectivity index (χ3n) is 3.71. The Morgan fingerprint density at radius 2 is 2.00 bits per heavy atom. The molecule has 1 aromatic carbocycles. The summed E-state index contributed by atoms with van der Waals surface area (Å²) >= 11 is 0. The maximum atomic E-state index is 12.9. The van der Waals surface area contributed by atoms with Crippen molar-refractivity contribution < 1.29 is 22.7 Å². The second-order valence-corrected chi connectivity index (χ2v) is 5.71. The van der Waals surface area contributed by atoms with Gasteiger partial charge in [0.05, 0.1) is 24.6 Å². The topological polar surface area (TPSA) is 69.0 Å². The van der Waals surface area contributed by atoms with Crippen LogP contribution in [0.2, 0.25) is 0 Å². The van der Waals surface area contributed by atoms with E-state index >= 15 is 0 Å². The van der Waals surface area contributed by atoms with Gasteiger partial charge in [0.2, 0.25) is 0 Å². The van der Waals surface area contributed by atoms with E-state index in [1.54, 1.807) is 18.3 Å². The predicted octanol–water partition coefficient (Wildman–Crippen LogP) is 3.86. The molecule has 0 radical (unpaired) electrons. The maximum Gasteiger partial charge on any atom is 0.416 e. The number of carbonyl (C=O) groups is 1. The first kappa shape index (κ1) is 18.4. The lowest BCUT2D eigenvalue weighted by Gasteiger charge is -2.08. The molecule has 0 aliphatic carbocycles. The van der Waals surface area contributed by atoms with Crippen LogP contribution in [0.1, 0.15) is 21.6 Å². The number of hydrogen-bond donors (Lipinski definition) is 1. The number of pyridine rings is 1. The number of ether oxygens (including phenoxy) is 1. The molecule has 0 bridgehead atoms. The van der Waals surface area contributed by atoms with E-state index in [0.717, 1.165) is 22.4 Å². The van der Waals surface area contributed by atoms with Gasteiger partial charge < -0.3 is 10.1 Å². The van der Waals surface area contributed by atoms with E-state index in [1.165, 1.54) is 25.4 Å². The number of alkyl halides is 3. The van der Waals surface area contributed by atoms with Gasteiger partial charge in [-0.2, -0.15) is 18.3 Å². The third-order valence-corrected chi connectivity index (χ3v) is 3.71. The van der Waals surface area contributed by atoms with E-state index in [2.05, 4.69) is 15.4 Å². The number of aromatic nitrogens is 3. The van der Waals surface area contributed by atoms with Crippen LogP contribution >= 0.6 is 0 Å². The van der Waals surface area contributed by atoms with Crippen molar-refractivity contribution in [1.82, 2.24) is 14.8 Å². The Hall–Kier alpha value is -3.36. The van der Waals surface area contributed by atoms with Crippen LogP contribution in [0.15, 0.2) is 48.8 Å². The highest BCUT2D eigenvalue weighted by atomic mass is 19.4. The summed E-state index contributed by atoms with van der Waals surface area (Å²) < 4.78 is 45.0. The highest BCUT2D eigenvalue weighted by Crippen LogP contribution is 2.30. The van der Waals surface area contributed by atoms with E-state index < -0.39 is 17.6 Å². The molecule has 2 aromatic heterocycles. The summed E-state index contributed by atoms with van der Waals surface area (Å²) in [5, 5.41) is 6.67. The number of carbonyl (C=O) groups excluding carboxylic acids is 1. The number of nitrogens with one attached hydrogen (secondary N) is 1. The second kappa shape index (κ2) is 7.10. The van der Waals surface area contributed by atoms with Crippen LogP contribution in [0, 0.1) is 6.92 Å². The Morgan fingerprint density at radius 1 is 1.22 bits per heavy atom. The van der Waals surface area contributed by atoms with Crippen LogP contribution in [0.25, 0.3) is 5.69 Å². The molecule has 0 saturated heterocycles. The molecule has 27 heavy (non-hydrogen) atoms. The number of rotatable bonds is 4. The Bertz CT molecular complexity index is 983. The van der Waals surface area contributed by atoms with E-state index in [4.69, 9.17) is 4.74 Å². The second-order valence-electron chi connectivity index (χ2n) is 5.71. The molecule has 0 saturated carbocycles. The minimum atomic E-state index is -4.48. The molecule has 2 heterocycles. The Balaban J connectivity index is 1.93. The summed E-state index contributed by atoms with van der Waals surface area (Å²) in [6, 6.07) is 8.07. The summed E-state index contributed by atoms with van der Waals surface area (Å²) in [7, 11) is 1.34. The summed E-state index contributed by atoms with van der Waals surface area (Å²) in [5.41, 5.74) is 0.167. The number of halogens is 3. The molecule has 0 fully saturated rings. The molecule has 1 N–H and O–H groups in total. The number of aryl methyl sites for hydroxylation is 1. The molecule has 0 unspecified atom stereocenters. The first-order valence-corrected chi connectivity index (χ1v) is 7.83. The average molecular weight is 376 g/mol. The highest BCUT2D eigenvalue weighted by Gasteiger charge is 2.30. The molecule has 1 amide bonds. The minimum absolute atomic E-state index is 0.0711. The largest absolute Gasteiger partial charge is 0.493 e. The van der Waals surface area contributed by atoms with E-state index in [-0.39, 0.29) is 17.1 Å². The van der Waals surface area contributed by atoms with Crippen molar-refractivity contribution in [3.8, 4) is 11.4 Å². The standard InChI is InChI=1S/C18H15F3N4O2/c1-11-6-7-22-15(8-11)23-17(26)16-14(27-2)10-25(24-16)13-5-3-4-12(9-13)18(19,20)21/h3-10H,1-2H3,(H,22,23,26). The van der Waals surface area contributed by atoms with Gasteiger partial charge in [-0.05, 0) is 42.8 Å². The number of anilines is 1. The van der Waals surface area contributed by atoms with Gasteiger partial charge in [0.15, 0.2) is 11.4 Å². The van der Waals surface area contributed by atoms with E-state index in [9.17, 15) is 18.0 Å². The molecule has 140 valence electrons. The maximum absolute atomic E-state index is 12.9. The molecule has 3 rings (SSSR count). The fourth-order valence-electron chi connectivity index (χ4n) is 2.40. The Kier molecular flexibility index (Phi) is 4.85. The van der Waals surface area contributed by atoms with Gasteiger partial charge in [-0.15, -0.1) is 0 Å². The Labute approximate surface area is 152 Å². The van der Waals surface area contributed by atoms with Crippen LogP contribution < -0.4 is 10.1 Å². The Morgan fingerprint density at radius 3 is 2.67 bits per heavy atom. The highest BCUT2D eigenvalue weighted by molar-refractivity contribution is 6.04. The van der Waals surface area contributed by atoms with Gasteiger partial charge in [-0.3, -0.25) is 4.79 Å². The van der Waals surface area contributed by atoms with Crippen LogP contribution in [-0.4, -0.2) is 27.8 Å². The van der Waals surface area contributed by atoms with Gasteiger partial charge in [0, 0.05) is 6.20 Å². The van der Waals surface area contributed by atoms with Crippen molar-refractivity contribution in [3.63, 3.8) is 0 Å². The quantitative estimate of drug-likeness (QED) is 0.751. The first-order valence-electron chi connectivity index (χ1n) is 7.83. The lowest BCUT2D eigenvalue weighted by molar-refractivity contribution is -0.137. The lowest BCUT2D eigenvalue weighted by atomic mass is 10.2. The number of hydrogen-bond acceptors (Lipinski definition) is 4. The van der Waals surface area contributed by atoms with Crippen molar-refractivity contribution in [3.05, 3.63) is 65.6 Å². The summed E-state index contributed by atoms with van der Waals surface area (Å²) in [6.45, 7) is 1.85. The van der Waals surface area contributed by atoms with Crippen molar-refractivity contribution in [2.24, 2.45) is 0 Å². The van der Waals surface area contributed by atoms with Crippen LogP contribution in [0.5, 0.6) is 5.75 Å². The number of methoxy groups -OCH3 is 1.